The highest BCUT2D eigenvalue weighted by molar-refractivity contribution is 7.47. The molecule has 0 radical (unpaired) electrons. The minimum atomic E-state index is -4.04. The van der Waals surface area contributed by atoms with E-state index < -0.39 is 7.82 Å². The fourth-order valence-electron chi connectivity index (χ4n) is 4.12. The van der Waals surface area contributed by atoms with Gasteiger partial charge in [0, 0.05) is 12.8 Å². The summed E-state index contributed by atoms with van der Waals surface area (Å²) in [6.45, 7) is 5.00. The lowest BCUT2D eigenvalue weighted by Crippen LogP contribution is -3.05. The van der Waals surface area contributed by atoms with Crippen molar-refractivity contribution in [3.8, 4) is 0 Å². The quantitative estimate of drug-likeness (QED) is 0.119. The van der Waals surface area contributed by atoms with Gasteiger partial charge in [-0.2, -0.15) is 0 Å². The Bertz CT molecular complexity index is 501. The van der Waals surface area contributed by atoms with E-state index in [9.17, 15) is 14.3 Å². The van der Waals surface area contributed by atoms with Crippen molar-refractivity contribution in [2.24, 2.45) is 5.92 Å². The molecule has 7 heteroatoms. The van der Waals surface area contributed by atoms with Crippen molar-refractivity contribution in [1.29, 1.82) is 0 Å². The third-order valence-electron chi connectivity index (χ3n) is 6.09. The van der Waals surface area contributed by atoms with Gasteiger partial charge in [0.05, 0.1) is 33.9 Å². The molecule has 2 atom stereocenters. The van der Waals surface area contributed by atoms with Crippen LogP contribution < -0.4 is 4.90 Å². The molecule has 2 N–H and O–H groups in total. The van der Waals surface area contributed by atoms with Gasteiger partial charge in [-0.1, -0.05) is 96.8 Å². The van der Waals surface area contributed by atoms with Crippen LogP contribution in [-0.2, 0) is 18.4 Å². The summed E-state index contributed by atoms with van der Waals surface area (Å²) in [6, 6.07) is 0. The number of carbonyl (C=O) groups excluding carboxylic acids is 1. The second-order valence-electron chi connectivity index (χ2n) is 10.1. The second-order valence-corrected chi connectivity index (χ2v) is 11.5. The van der Waals surface area contributed by atoms with E-state index in [1.165, 1.54) is 81.9 Å². The summed E-state index contributed by atoms with van der Waals surface area (Å²) >= 11 is 0. The Balaban J connectivity index is 3.80. The first-order valence-electron chi connectivity index (χ1n) is 13.7. The predicted octanol–water partition coefficient (Wildman–Crippen LogP) is 6.12. The van der Waals surface area contributed by atoms with Gasteiger partial charge in [-0.15, -0.1) is 0 Å². The first-order valence-corrected chi connectivity index (χ1v) is 15.2. The minimum absolute atomic E-state index is 0.0184. The maximum atomic E-state index is 12.1. The van der Waals surface area contributed by atoms with Gasteiger partial charge in [-0.3, -0.25) is 9.05 Å². The van der Waals surface area contributed by atoms with Gasteiger partial charge in [0.25, 0.3) is 0 Å². The highest BCUT2D eigenvalue weighted by Gasteiger charge is 2.23. The molecule has 2 unspecified atom stereocenters. The van der Waals surface area contributed by atoms with Crippen molar-refractivity contribution in [1.82, 2.24) is 0 Å². The number of phosphoric ester groups is 1. The number of unbranched alkanes of at least 4 members (excludes halogenated alkanes) is 13. The number of carbonyl (C=O) groups is 1. The Labute approximate surface area is 204 Å². The molecule has 0 aliphatic rings. The lowest BCUT2D eigenvalue weighted by molar-refractivity contribution is -0.858. The van der Waals surface area contributed by atoms with Crippen LogP contribution in [0.1, 0.15) is 123 Å². The standard InChI is InChI=1S/C26H54NO5P/c1-5-6-7-8-9-10-11-12-13-14-15-16-17-18-20-26(23-25(2)28)24-32-33(29,30)31-22-19-21-27(3)4/h26H,5-24H2,1-4H3,(H,29,30)/p+1. The highest BCUT2D eigenvalue weighted by atomic mass is 31.2. The molecule has 33 heavy (non-hydrogen) atoms. The third kappa shape index (κ3) is 24.7. The summed E-state index contributed by atoms with van der Waals surface area (Å²) < 4.78 is 22.3. The lowest BCUT2D eigenvalue weighted by Gasteiger charge is -2.18. The van der Waals surface area contributed by atoms with E-state index in [1.54, 1.807) is 6.92 Å². The first-order chi connectivity index (χ1) is 15.8. The Morgan fingerprint density at radius 2 is 1.30 bits per heavy atom. The summed E-state index contributed by atoms with van der Waals surface area (Å²) in [5.74, 6) is 0.0757. The van der Waals surface area contributed by atoms with Crippen LogP contribution >= 0.6 is 7.82 Å². The number of ketones is 1. The molecule has 0 spiro atoms. The van der Waals surface area contributed by atoms with E-state index in [0.717, 1.165) is 25.8 Å². The number of quaternary nitrogens is 1. The maximum Gasteiger partial charge on any atom is 0.472 e. The number of hydrogen-bond donors (Lipinski definition) is 2. The number of hydrogen-bond acceptors (Lipinski definition) is 4. The molecule has 0 heterocycles. The van der Waals surface area contributed by atoms with E-state index in [-0.39, 0.29) is 24.9 Å². The van der Waals surface area contributed by atoms with Gasteiger partial charge in [-0.05, 0) is 19.3 Å². The van der Waals surface area contributed by atoms with Crippen molar-refractivity contribution < 1.29 is 28.2 Å². The molecular weight excluding hydrogens is 437 g/mol. The molecule has 0 rings (SSSR count). The molecule has 198 valence electrons. The van der Waals surface area contributed by atoms with Crippen LogP contribution in [0.15, 0.2) is 0 Å². The molecule has 0 saturated heterocycles. The zero-order chi connectivity index (χ0) is 24.8. The molecule has 0 aromatic heterocycles. The van der Waals surface area contributed by atoms with Crippen LogP contribution in [0.4, 0.5) is 0 Å². The Kier molecular flexibility index (Phi) is 22.0. The van der Waals surface area contributed by atoms with Crippen LogP contribution in [0, 0.1) is 5.92 Å². The highest BCUT2D eigenvalue weighted by Crippen LogP contribution is 2.44. The zero-order valence-corrected chi connectivity index (χ0v) is 23.1. The van der Waals surface area contributed by atoms with Gasteiger partial charge in [0.2, 0.25) is 0 Å². The zero-order valence-electron chi connectivity index (χ0n) is 22.2. The van der Waals surface area contributed by atoms with Crippen LogP contribution in [0.3, 0.4) is 0 Å². The second kappa shape index (κ2) is 22.2. The van der Waals surface area contributed by atoms with Crippen molar-refractivity contribution >= 4 is 13.6 Å². The largest absolute Gasteiger partial charge is 0.472 e. The average Bonchev–Trinajstić information content (AvgIpc) is 2.74. The van der Waals surface area contributed by atoms with Gasteiger partial charge >= 0.3 is 7.82 Å². The molecule has 0 bridgehead atoms. The molecule has 0 aromatic carbocycles. The smallest absolute Gasteiger partial charge is 0.340 e. The van der Waals surface area contributed by atoms with Crippen molar-refractivity contribution in [3.05, 3.63) is 0 Å². The molecular formula is C26H55NO5P+. The summed E-state index contributed by atoms with van der Waals surface area (Å²) in [4.78, 5) is 22.7. The molecule has 0 fully saturated rings. The van der Waals surface area contributed by atoms with Crippen LogP contribution in [0.2, 0.25) is 0 Å². The van der Waals surface area contributed by atoms with Crippen molar-refractivity contribution in [3.63, 3.8) is 0 Å². The minimum Gasteiger partial charge on any atom is -0.340 e. The monoisotopic (exact) mass is 492 g/mol. The Morgan fingerprint density at radius 3 is 1.76 bits per heavy atom. The van der Waals surface area contributed by atoms with Gasteiger partial charge in [-0.25, -0.2) is 4.57 Å². The van der Waals surface area contributed by atoms with E-state index in [0.29, 0.717) is 12.8 Å². The van der Waals surface area contributed by atoms with Gasteiger partial charge in [0.15, 0.2) is 0 Å². The van der Waals surface area contributed by atoms with E-state index in [4.69, 9.17) is 9.05 Å². The third-order valence-corrected chi connectivity index (χ3v) is 7.08. The van der Waals surface area contributed by atoms with E-state index >= 15 is 0 Å². The normalized spacial score (nSPS) is 14.5. The first kappa shape index (κ1) is 32.7. The fourth-order valence-corrected chi connectivity index (χ4v) is 4.95. The molecule has 6 nitrogen and oxygen atoms in total. The summed E-state index contributed by atoms with van der Waals surface area (Å²) in [5.41, 5.74) is 0. The summed E-state index contributed by atoms with van der Waals surface area (Å²) in [7, 11) is 0.00931. The Morgan fingerprint density at radius 1 is 0.818 bits per heavy atom. The van der Waals surface area contributed by atoms with Crippen molar-refractivity contribution in [2.45, 2.75) is 123 Å². The average molecular weight is 493 g/mol. The van der Waals surface area contributed by atoms with Gasteiger partial charge in [0.1, 0.15) is 5.78 Å². The fraction of sp³-hybridized carbons (Fsp3) is 0.962. The van der Waals surface area contributed by atoms with E-state index in [2.05, 4.69) is 6.92 Å². The van der Waals surface area contributed by atoms with Crippen LogP contribution in [-0.4, -0.2) is 44.5 Å². The molecule has 0 amide bonds. The molecule has 0 aliphatic carbocycles. The van der Waals surface area contributed by atoms with E-state index in [1.807, 2.05) is 14.1 Å². The number of nitrogens with one attached hydrogen (secondary N) is 1. The molecule has 0 saturated carbocycles. The maximum absolute atomic E-state index is 12.1. The van der Waals surface area contributed by atoms with Crippen LogP contribution in [0.25, 0.3) is 0 Å². The number of Topliss-reactive ketones (excluding diaryl/α,β-unsaturated/α-hetero) is 1. The predicted molar refractivity (Wildman–Crippen MR) is 138 cm³/mol. The topological polar surface area (TPSA) is 77.3 Å². The number of phosphoric acid groups is 1. The van der Waals surface area contributed by atoms with Gasteiger partial charge < -0.3 is 14.6 Å². The number of rotatable bonds is 25. The van der Waals surface area contributed by atoms with Crippen LogP contribution in [0.5, 0.6) is 0 Å². The SMILES string of the molecule is CCCCCCCCCCCCCCCCC(COP(=O)(O)OCCC[NH+](C)C)CC(C)=O. The Hall–Kier alpha value is -0.260. The lowest BCUT2D eigenvalue weighted by atomic mass is 9.96. The molecule has 0 aromatic rings. The van der Waals surface area contributed by atoms with Crippen molar-refractivity contribution in [2.75, 3.05) is 33.9 Å². The summed E-state index contributed by atoms with van der Waals surface area (Å²) in [5, 5.41) is 0. The summed E-state index contributed by atoms with van der Waals surface area (Å²) in [6.07, 6.45) is 20.3. The molecule has 0 aliphatic heterocycles.